The molecule has 42 heteroatoms. The van der Waals surface area contributed by atoms with Gasteiger partial charge in [-0.1, -0.05) is 65.1 Å². The molecule has 2 aromatic heterocycles. The average molecular weight is 1900 g/mol. The Hall–Kier alpha value is -10.0. The number of nitrogens with zero attached hydrogens (tertiary/aromatic N) is 13. The van der Waals surface area contributed by atoms with E-state index in [2.05, 4.69) is 30.6 Å². The third-order valence-electron chi connectivity index (χ3n) is 22.5. The van der Waals surface area contributed by atoms with E-state index in [0.29, 0.717) is 102 Å². The quantitative estimate of drug-likeness (QED) is 0.0466. The van der Waals surface area contributed by atoms with Gasteiger partial charge in [0, 0.05) is 126 Å². The van der Waals surface area contributed by atoms with Crippen LogP contribution in [-0.4, -0.2) is 289 Å². The number of anilines is 5. The predicted octanol–water partition coefficient (Wildman–Crippen LogP) is 14.5. The lowest BCUT2D eigenvalue weighted by Crippen LogP contribution is -2.61. The van der Waals surface area contributed by atoms with Crippen LogP contribution in [0.2, 0.25) is 15.2 Å². The van der Waals surface area contributed by atoms with E-state index < -0.39 is 138 Å². The van der Waals surface area contributed by atoms with Gasteiger partial charge in [0.05, 0.1) is 30.2 Å². The van der Waals surface area contributed by atoms with Crippen molar-refractivity contribution in [1.29, 1.82) is 0 Å². The van der Waals surface area contributed by atoms with Gasteiger partial charge in [-0.05, 0) is 188 Å². The van der Waals surface area contributed by atoms with E-state index in [9.17, 15) is 77.9 Å². The van der Waals surface area contributed by atoms with E-state index in [1.54, 1.807) is 83.1 Å². The van der Waals surface area contributed by atoms with Gasteiger partial charge in [0.1, 0.15) is 90.6 Å². The number of benzene rings is 3. The number of aromatic nitrogens is 4. The minimum atomic E-state index is -1.26. The molecule has 0 saturated carbocycles. The second-order valence-corrected chi connectivity index (χ2v) is 37.3. The summed E-state index contributed by atoms with van der Waals surface area (Å²) in [6, 6.07) is 13.0. The molecule has 718 valence electrons. The van der Waals surface area contributed by atoms with Crippen molar-refractivity contribution in [3.63, 3.8) is 0 Å². The summed E-state index contributed by atoms with van der Waals surface area (Å²) in [5.74, 6) is -3.62. The summed E-state index contributed by atoms with van der Waals surface area (Å²) in [6.07, 6.45) is 2.75. The van der Waals surface area contributed by atoms with Gasteiger partial charge in [-0.2, -0.15) is 8.78 Å². The molecule has 11 heterocycles. The second-order valence-electron chi connectivity index (χ2n) is 36.1. The van der Waals surface area contributed by atoms with Gasteiger partial charge in [0.25, 0.3) is 0 Å². The first kappa shape index (κ1) is 104. The topological polar surface area (TPSA) is 356 Å². The highest BCUT2D eigenvalue weighted by Crippen LogP contribution is 2.34. The third-order valence-corrected chi connectivity index (χ3v) is 23.2. The molecule has 0 radical (unpaired) electrons. The maximum Gasteiger partial charge on any atom is 0.410 e. The molecule has 0 bridgehead atoms. The lowest BCUT2D eigenvalue weighted by Gasteiger charge is -2.44. The van der Waals surface area contributed by atoms with Gasteiger partial charge in [0.15, 0.2) is 22.6 Å². The maximum absolute atomic E-state index is 14.9. The first-order valence-electron chi connectivity index (χ1n) is 43.7. The van der Waals surface area contributed by atoms with Crippen LogP contribution in [0.15, 0.2) is 79.4 Å². The van der Waals surface area contributed by atoms with Gasteiger partial charge < -0.3 is 90.9 Å². The van der Waals surface area contributed by atoms with Gasteiger partial charge >= 0.3 is 24.4 Å². The Balaban J connectivity index is 0.000000182. The maximum atomic E-state index is 14.9. The molecule has 130 heavy (non-hydrogen) atoms. The molecule has 0 spiro atoms. The molecule has 12 atom stereocenters. The number of rotatable bonds is 11. The Morgan fingerprint density at radius 3 is 1.22 bits per heavy atom. The number of carbonyl (C=O) groups excluding carboxylic acids is 8. The lowest BCUT2D eigenvalue weighted by atomic mass is 9.96. The first-order chi connectivity index (χ1) is 61.3. The molecular weight excluding hydrogens is 1780 g/mol. The molecule has 14 rings (SSSR count). The van der Waals surface area contributed by atoms with Crippen LogP contribution < -0.4 is 32.7 Å². The fraction of sp³-hybridized carbons (Fsp3) is 0.614. The smallest absolute Gasteiger partial charge is 0.410 e. The van der Waals surface area contributed by atoms with E-state index in [4.69, 9.17) is 71.0 Å². The monoisotopic (exact) mass is 1900 g/mol. The molecule has 5 aromatic rings. The highest BCUT2D eigenvalue weighted by atomic mass is 35.5. The normalized spacial score (nSPS) is 24.6. The highest BCUT2D eigenvalue weighted by Gasteiger charge is 2.46. The number of amides is 8. The van der Waals surface area contributed by atoms with Crippen LogP contribution in [0.1, 0.15) is 164 Å². The molecule has 12 unspecified atom stereocenters. The van der Waals surface area contributed by atoms with Crippen molar-refractivity contribution in [2.45, 2.75) is 255 Å². The van der Waals surface area contributed by atoms with Crippen molar-refractivity contribution in [2.75, 3.05) is 119 Å². The van der Waals surface area contributed by atoms with E-state index in [1.165, 1.54) is 59.7 Å². The van der Waals surface area contributed by atoms with Crippen LogP contribution in [-0.2, 0) is 44.7 Å². The molecular formula is C88H120Cl3F9N18O12. The summed E-state index contributed by atoms with van der Waals surface area (Å²) < 4.78 is 146. The summed E-state index contributed by atoms with van der Waals surface area (Å²) in [5.41, 5.74) is 16.0. The first-order valence-corrected chi connectivity index (χ1v) is 44.9. The summed E-state index contributed by atoms with van der Waals surface area (Å²) in [4.78, 5) is 127. The lowest BCUT2D eigenvalue weighted by molar-refractivity contribution is -0.140. The summed E-state index contributed by atoms with van der Waals surface area (Å²) in [6.45, 7) is 20.7. The van der Waals surface area contributed by atoms with Crippen molar-refractivity contribution in [1.82, 2.24) is 59.1 Å². The number of nitrogens with two attached hydrogens (primary N) is 3. The average Bonchev–Trinajstić information content (AvgIpc) is 0.826. The molecule has 9 aliphatic rings. The Morgan fingerprint density at radius 2 is 0.815 bits per heavy atom. The van der Waals surface area contributed by atoms with Gasteiger partial charge in [0.2, 0.25) is 35.3 Å². The van der Waals surface area contributed by atoms with E-state index >= 15 is 0 Å². The van der Waals surface area contributed by atoms with Gasteiger partial charge in [-0.25, -0.2) is 69.8 Å². The molecule has 9 saturated heterocycles. The Morgan fingerprint density at radius 1 is 0.438 bits per heavy atom. The predicted molar refractivity (Wildman–Crippen MR) is 473 cm³/mol. The second kappa shape index (κ2) is 47.4. The van der Waals surface area contributed by atoms with Crippen LogP contribution in [0.3, 0.4) is 0 Å². The van der Waals surface area contributed by atoms with Crippen LogP contribution in [0, 0.1) is 23.3 Å². The zero-order valence-corrected chi connectivity index (χ0v) is 76.9. The molecule has 30 nitrogen and oxygen atoms in total. The fourth-order valence-electron chi connectivity index (χ4n) is 16.1. The van der Waals surface area contributed by atoms with Crippen molar-refractivity contribution in [2.24, 2.45) is 5.73 Å². The minimum absolute atomic E-state index is 0.0000567. The van der Waals surface area contributed by atoms with E-state index in [1.807, 2.05) is 30.3 Å². The number of hydrogen-bond acceptors (Lipinski definition) is 22. The molecule has 8 N–H and O–H groups in total. The minimum Gasteiger partial charge on any atom is -0.445 e. The summed E-state index contributed by atoms with van der Waals surface area (Å²) in [7, 11) is 0. The third kappa shape index (κ3) is 30.8. The highest BCUT2D eigenvalue weighted by molar-refractivity contribution is 6.31. The number of likely N-dealkylation sites (tertiary alicyclic amines) is 8. The number of ether oxygens (including phenoxy) is 4. The standard InChI is InChI=1S/C21H28ClF2N3O3.C20H22ClF3N6O.C18H23FN2O3.C15H25FN2O3.C10H19FN2O2.C4H3ClFN3/c1-21(2,3)30-20(29)26-8-6-16(24)18(12-26)27-7-4-5-17(19(27)28)25-15-10-13(22)9-14(23)11-15;21-11-6-12(22)8-13(7-11)28-15-2-1-4-30(20(15)31)16-9-29(5-3-14(16)23)19-17(24)18(25)26-10-27-19;19-15-9-11-20(12-16(15)21-10-5-4-8-17(21)22)18(23)24-13-14-6-2-1-3-7-14;1-15(2,3)21-14(20)17-9-7-11(16)12(10-17)18-8-5-4-6-13(18)19;1-10(2,3)15-9(14)13-5-4-7(11)8(12)6-13;5-3-2(6)4(7)9-1-8-3/h9-11,16-18,25H,4-8,12H2,1-3H3;6-8,10,14-16,28H,1-5,9H2,(H2,25,26,27);1-3,6-7,15-16H,4-5,8-13H2;11-12H,4-10H2,1-3H3;7-8H,4-6,12H2,1-3H3;1H,(H2,7,8,9). The number of piperidine rings is 9. The summed E-state index contributed by atoms with van der Waals surface area (Å²) in [5, 5.41) is 6.21. The van der Waals surface area contributed by atoms with Crippen LogP contribution >= 0.6 is 34.8 Å². The number of halogens is 12. The van der Waals surface area contributed by atoms with E-state index in [-0.39, 0.29) is 134 Å². The van der Waals surface area contributed by atoms with Crippen LogP contribution in [0.4, 0.5) is 87.5 Å². The SMILES string of the molecule is CC(C)(C)OC(=O)N1CCC(F)C(N)C1.CC(C)(C)OC(=O)N1CCC(F)C(N2CCCC(Nc3cc(F)cc(Cl)c3)C2=O)C1.CC(C)(C)OC(=O)N1CCC(F)C(N2CCCCC2=O)C1.Nc1ncnc(Cl)c1F.Nc1ncnc(N2CCC(F)C(N3CCCC(Nc4cc(F)cc(Cl)c4)C3=O)C2)c1F.O=C(OCc1ccccc1)N1CCC(F)C(N2CCCCC2=O)C1. The van der Waals surface area contributed by atoms with Gasteiger partial charge in [-0.3, -0.25) is 19.2 Å². The van der Waals surface area contributed by atoms with E-state index in [0.717, 1.165) is 43.9 Å². The Kier molecular flexibility index (Phi) is 37.8. The molecule has 3 aromatic carbocycles. The number of nitrogen functional groups attached to an aromatic ring is 2. The molecule has 9 aliphatic heterocycles. The summed E-state index contributed by atoms with van der Waals surface area (Å²) >= 11 is 17.0. The van der Waals surface area contributed by atoms with Crippen molar-refractivity contribution < 1.29 is 96.8 Å². The Bertz CT molecular complexity index is 4580. The molecule has 8 amide bonds. The van der Waals surface area contributed by atoms with Crippen molar-refractivity contribution in [3.8, 4) is 0 Å². The number of nitrogens with one attached hydrogen (secondary N) is 2. The zero-order chi connectivity index (χ0) is 95.2. The van der Waals surface area contributed by atoms with Crippen molar-refractivity contribution in [3.05, 3.63) is 123 Å². The molecule has 9 fully saturated rings. The number of hydrogen-bond donors (Lipinski definition) is 5. The fourth-order valence-corrected chi connectivity index (χ4v) is 16.7. The van der Waals surface area contributed by atoms with Crippen LogP contribution in [0.25, 0.3) is 0 Å². The number of carbonyl (C=O) groups is 8. The largest absolute Gasteiger partial charge is 0.445 e. The zero-order valence-electron chi connectivity index (χ0n) is 74.6. The Labute approximate surface area is 766 Å². The van der Waals surface area contributed by atoms with Gasteiger partial charge in [-0.15, -0.1) is 0 Å². The van der Waals surface area contributed by atoms with Crippen molar-refractivity contribution >= 4 is 112 Å². The number of alkyl halides is 5. The molecule has 0 aliphatic carbocycles. The van der Waals surface area contributed by atoms with Crippen LogP contribution in [0.5, 0.6) is 0 Å².